The average Bonchev–Trinajstić information content (AvgIpc) is 2.65. The topological polar surface area (TPSA) is 84.5 Å². The Morgan fingerprint density at radius 3 is 2.21 bits per heavy atom. The zero-order chi connectivity index (χ0) is 20.7. The van der Waals surface area contributed by atoms with E-state index >= 15 is 0 Å². The van der Waals surface area contributed by atoms with E-state index in [4.69, 9.17) is 4.74 Å². The largest absolute Gasteiger partial charge is 0.452 e. The zero-order valence-electron chi connectivity index (χ0n) is 16.0. The van der Waals surface area contributed by atoms with E-state index < -0.39 is 18.5 Å². The Labute approximate surface area is 172 Å². The van der Waals surface area contributed by atoms with Crippen molar-refractivity contribution < 1.29 is 19.1 Å². The van der Waals surface area contributed by atoms with Crippen molar-refractivity contribution in [1.29, 1.82) is 0 Å². The molecule has 7 heteroatoms. The van der Waals surface area contributed by atoms with Gasteiger partial charge in [0.15, 0.2) is 6.61 Å². The number of rotatable bonds is 6. The quantitative estimate of drug-likeness (QED) is 0.663. The Bertz CT molecular complexity index is 857. The zero-order valence-corrected chi connectivity index (χ0v) is 17.6. The van der Waals surface area contributed by atoms with Crippen molar-refractivity contribution in [3.8, 4) is 0 Å². The number of carbonyl (C=O) groups excluding carboxylic acids is 3. The van der Waals surface area contributed by atoms with E-state index in [9.17, 15) is 14.4 Å². The predicted molar refractivity (Wildman–Crippen MR) is 111 cm³/mol. The molecule has 0 saturated heterocycles. The SMILES string of the molecule is CC(C)(C)c1ccc(C(=O)OCC(=O)NCC(=O)Nc2ccccc2Br)cc1. The van der Waals surface area contributed by atoms with Gasteiger partial charge in [0.2, 0.25) is 5.91 Å². The van der Waals surface area contributed by atoms with Crippen LogP contribution < -0.4 is 10.6 Å². The van der Waals surface area contributed by atoms with Crippen LogP contribution in [0.4, 0.5) is 5.69 Å². The molecule has 0 saturated carbocycles. The Morgan fingerprint density at radius 1 is 0.964 bits per heavy atom. The van der Waals surface area contributed by atoms with Crippen LogP contribution in [0.2, 0.25) is 0 Å². The molecule has 2 amide bonds. The molecule has 0 aromatic heterocycles. The first-order chi connectivity index (χ1) is 13.2. The van der Waals surface area contributed by atoms with E-state index in [1.165, 1.54) is 0 Å². The van der Waals surface area contributed by atoms with Crippen molar-refractivity contribution in [1.82, 2.24) is 5.32 Å². The summed E-state index contributed by atoms with van der Waals surface area (Å²) in [7, 11) is 0. The van der Waals surface area contributed by atoms with Crippen molar-refractivity contribution in [2.75, 3.05) is 18.5 Å². The minimum atomic E-state index is -0.590. The van der Waals surface area contributed by atoms with Crippen LogP contribution in [0.1, 0.15) is 36.7 Å². The highest BCUT2D eigenvalue weighted by molar-refractivity contribution is 9.10. The lowest BCUT2D eigenvalue weighted by Gasteiger charge is -2.18. The van der Waals surface area contributed by atoms with Gasteiger partial charge < -0.3 is 15.4 Å². The summed E-state index contributed by atoms with van der Waals surface area (Å²) in [5, 5.41) is 5.08. The number of benzene rings is 2. The number of esters is 1. The number of nitrogens with one attached hydrogen (secondary N) is 2. The highest BCUT2D eigenvalue weighted by Gasteiger charge is 2.15. The van der Waals surface area contributed by atoms with Crippen molar-refractivity contribution in [2.45, 2.75) is 26.2 Å². The Morgan fingerprint density at radius 2 is 1.61 bits per heavy atom. The third kappa shape index (κ3) is 6.49. The van der Waals surface area contributed by atoms with Gasteiger partial charge >= 0.3 is 5.97 Å². The first kappa shape index (κ1) is 21.6. The minimum Gasteiger partial charge on any atom is -0.452 e. The predicted octanol–water partition coefficient (Wildman–Crippen LogP) is 3.66. The maximum atomic E-state index is 12.0. The van der Waals surface area contributed by atoms with Gasteiger partial charge in [0, 0.05) is 4.47 Å². The van der Waals surface area contributed by atoms with E-state index in [2.05, 4.69) is 47.3 Å². The number of anilines is 1. The molecule has 0 aliphatic rings. The fourth-order valence-electron chi connectivity index (χ4n) is 2.31. The molecule has 0 fully saturated rings. The van der Waals surface area contributed by atoms with Gasteiger partial charge in [-0.05, 0) is 51.2 Å². The summed E-state index contributed by atoms with van der Waals surface area (Å²) in [5.41, 5.74) is 2.05. The van der Waals surface area contributed by atoms with E-state index in [0.29, 0.717) is 11.3 Å². The van der Waals surface area contributed by atoms with E-state index in [0.717, 1.165) is 10.0 Å². The number of para-hydroxylation sites is 1. The molecule has 0 heterocycles. The second-order valence-corrected chi connectivity index (χ2v) is 8.06. The van der Waals surface area contributed by atoms with Crippen LogP contribution in [0.25, 0.3) is 0 Å². The highest BCUT2D eigenvalue weighted by Crippen LogP contribution is 2.22. The van der Waals surface area contributed by atoms with Gasteiger partial charge in [-0.25, -0.2) is 4.79 Å². The molecule has 0 aliphatic heterocycles. The normalized spacial score (nSPS) is 10.9. The fourth-order valence-corrected chi connectivity index (χ4v) is 2.69. The van der Waals surface area contributed by atoms with Crippen molar-refractivity contribution in [2.24, 2.45) is 0 Å². The third-order valence-electron chi connectivity index (χ3n) is 3.92. The van der Waals surface area contributed by atoms with E-state index in [-0.39, 0.29) is 17.9 Å². The van der Waals surface area contributed by atoms with E-state index in [1.54, 1.807) is 30.3 Å². The molecule has 0 spiro atoms. The first-order valence-electron chi connectivity index (χ1n) is 8.75. The third-order valence-corrected chi connectivity index (χ3v) is 4.61. The molecule has 0 aliphatic carbocycles. The standard InChI is InChI=1S/C21H23BrN2O4/c1-21(2,3)15-10-8-14(9-11-15)20(27)28-13-19(26)23-12-18(25)24-17-7-5-4-6-16(17)22/h4-11H,12-13H2,1-3H3,(H,23,26)(H,24,25). The van der Waals surface area contributed by atoms with Crippen LogP contribution in [0, 0.1) is 0 Å². The van der Waals surface area contributed by atoms with Gasteiger partial charge in [-0.2, -0.15) is 0 Å². The van der Waals surface area contributed by atoms with Gasteiger partial charge in [-0.15, -0.1) is 0 Å². The van der Waals surface area contributed by atoms with Gasteiger partial charge in [-0.1, -0.05) is 45.0 Å². The number of hydrogen-bond acceptors (Lipinski definition) is 4. The molecule has 2 rings (SSSR count). The Kier molecular flexibility index (Phi) is 7.34. The smallest absolute Gasteiger partial charge is 0.338 e. The first-order valence-corrected chi connectivity index (χ1v) is 9.55. The average molecular weight is 447 g/mol. The number of carbonyl (C=O) groups is 3. The molecule has 2 N–H and O–H groups in total. The van der Waals surface area contributed by atoms with Gasteiger partial charge in [0.25, 0.3) is 5.91 Å². The summed E-state index contributed by atoms with van der Waals surface area (Å²) in [6.45, 7) is 5.56. The van der Waals surface area contributed by atoms with Gasteiger partial charge in [0.1, 0.15) is 0 Å². The summed E-state index contributed by atoms with van der Waals surface area (Å²) in [5.74, 6) is -1.53. The molecular weight excluding hydrogens is 424 g/mol. The summed E-state index contributed by atoms with van der Waals surface area (Å²) >= 11 is 3.32. The van der Waals surface area contributed by atoms with Crippen molar-refractivity contribution >= 4 is 39.4 Å². The monoisotopic (exact) mass is 446 g/mol. The van der Waals surface area contributed by atoms with E-state index in [1.807, 2.05) is 18.2 Å². The number of hydrogen-bond donors (Lipinski definition) is 2. The van der Waals surface area contributed by atoms with Crippen LogP contribution in [-0.2, 0) is 19.7 Å². The maximum absolute atomic E-state index is 12.0. The Hall–Kier alpha value is -2.67. The molecule has 148 valence electrons. The highest BCUT2D eigenvalue weighted by atomic mass is 79.9. The second kappa shape index (κ2) is 9.50. The molecule has 0 radical (unpaired) electrons. The lowest BCUT2D eigenvalue weighted by molar-refractivity contribution is -0.126. The fraction of sp³-hybridized carbons (Fsp3) is 0.286. The number of ether oxygens (including phenoxy) is 1. The van der Waals surface area contributed by atoms with Gasteiger partial charge in [0.05, 0.1) is 17.8 Å². The van der Waals surface area contributed by atoms with Crippen LogP contribution >= 0.6 is 15.9 Å². The summed E-state index contributed by atoms with van der Waals surface area (Å²) in [6, 6.07) is 14.2. The molecular formula is C21H23BrN2O4. The Balaban J connectivity index is 1.76. The minimum absolute atomic E-state index is 0.0156. The summed E-state index contributed by atoms with van der Waals surface area (Å²) in [4.78, 5) is 35.7. The van der Waals surface area contributed by atoms with Crippen molar-refractivity contribution in [3.05, 3.63) is 64.1 Å². The molecule has 2 aromatic rings. The van der Waals surface area contributed by atoms with Crippen LogP contribution in [0.5, 0.6) is 0 Å². The summed E-state index contributed by atoms with van der Waals surface area (Å²) in [6.07, 6.45) is 0. The lowest BCUT2D eigenvalue weighted by atomic mass is 9.87. The van der Waals surface area contributed by atoms with Gasteiger partial charge in [-0.3, -0.25) is 9.59 Å². The lowest BCUT2D eigenvalue weighted by Crippen LogP contribution is -2.35. The van der Waals surface area contributed by atoms with Crippen LogP contribution in [-0.4, -0.2) is 30.9 Å². The maximum Gasteiger partial charge on any atom is 0.338 e. The van der Waals surface area contributed by atoms with Crippen LogP contribution in [0.15, 0.2) is 53.0 Å². The number of halogens is 1. The number of amides is 2. The molecule has 28 heavy (non-hydrogen) atoms. The molecule has 0 bridgehead atoms. The molecule has 0 unspecified atom stereocenters. The summed E-state index contributed by atoms with van der Waals surface area (Å²) < 4.78 is 5.73. The van der Waals surface area contributed by atoms with Crippen LogP contribution in [0.3, 0.4) is 0 Å². The second-order valence-electron chi connectivity index (χ2n) is 7.21. The molecule has 6 nitrogen and oxygen atoms in total. The molecule has 2 aromatic carbocycles. The van der Waals surface area contributed by atoms with Crippen molar-refractivity contribution in [3.63, 3.8) is 0 Å². The molecule has 0 atom stereocenters.